The number of nitrogens with one attached hydrogen (secondary N) is 1. The molecule has 1 heterocycles. The molecule has 8 heteroatoms. The minimum absolute atomic E-state index is 0.444. The molecule has 114 valence electrons. The molecule has 7 nitrogen and oxygen atoms in total. The van der Waals surface area contributed by atoms with Gasteiger partial charge in [0, 0.05) is 5.92 Å². The average Bonchev–Trinajstić information content (AvgIpc) is 2.68. The summed E-state index contributed by atoms with van der Waals surface area (Å²) in [4.78, 5) is 24.7. The van der Waals surface area contributed by atoms with Crippen LogP contribution in [0.2, 0.25) is 0 Å². The minimum atomic E-state index is -1.36. The van der Waals surface area contributed by atoms with Crippen LogP contribution < -0.4 is 11.2 Å². The molecular formula is C13H15FN2O5. The van der Waals surface area contributed by atoms with Gasteiger partial charge in [-0.2, -0.15) is 4.39 Å². The zero-order chi connectivity index (χ0) is 15.3. The number of halogens is 1. The molecule has 1 aromatic rings. The summed E-state index contributed by atoms with van der Waals surface area (Å²) in [5, 5.41) is 30.2. The second kappa shape index (κ2) is 4.90. The van der Waals surface area contributed by atoms with Crippen molar-refractivity contribution < 1.29 is 19.7 Å². The summed E-state index contributed by atoms with van der Waals surface area (Å²) < 4.78 is 14.3. The fourth-order valence-electron chi connectivity index (χ4n) is 3.29. The van der Waals surface area contributed by atoms with Crippen LogP contribution in [0.4, 0.5) is 4.39 Å². The lowest BCUT2D eigenvalue weighted by Gasteiger charge is -2.27. The Morgan fingerprint density at radius 2 is 1.95 bits per heavy atom. The molecule has 2 aliphatic carbocycles. The number of fused-ring (bicyclic) bond motifs is 1. The van der Waals surface area contributed by atoms with Gasteiger partial charge in [0.1, 0.15) is 6.10 Å². The van der Waals surface area contributed by atoms with Crippen molar-refractivity contribution in [1.29, 1.82) is 0 Å². The summed E-state index contributed by atoms with van der Waals surface area (Å²) in [5.41, 5.74) is -1.53. The number of aromatic amines is 1. The van der Waals surface area contributed by atoms with Crippen LogP contribution in [0.25, 0.3) is 0 Å². The Labute approximate surface area is 118 Å². The van der Waals surface area contributed by atoms with Gasteiger partial charge in [0.2, 0.25) is 5.82 Å². The predicted octanol–water partition coefficient (Wildman–Crippen LogP) is -1.35. The largest absolute Gasteiger partial charge is 0.392 e. The van der Waals surface area contributed by atoms with Crippen LogP contribution >= 0.6 is 0 Å². The summed E-state index contributed by atoms with van der Waals surface area (Å²) >= 11 is 0. The maximum atomic E-state index is 13.4. The van der Waals surface area contributed by atoms with E-state index in [1.165, 1.54) is 0 Å². The second-order valence-corrected chi connectivity index (χ2v) is 5.44. The van der Waals surface area contributed by atoms with Crippen LogP contribution in [0.15, 0.2) is 27.4 Å². The number of hydrogen-bond acceptors (Lipinski definition) is 5. The Bertz CT molecular complexity index is 709. The lowest BCUT2D eigenvalue weighted by molar-refractivity contribution is -0.0263. The molecule has 1 fully saturated rings. The van der Waals surface area contributed by atoms with E-state index in [-0.39, 0.29) is 0 Å². The highest BCUT2D eigenvalue weighted by Crippen LogP contribution is 2.44. The van der Waals surface area contributed by atoms with Gasteiger partial charge in [-0.3, -0.25) is 14.3 Å². The molecule has 0 aromatic carbocycles. The van der Waals surface area contributed by atoms with E-state index in [1.807, 2.05) is 4.98 Å². The van der Waals surface area contributed by atoms with Crippen LogP contribution in [0, 0.1) is 11.7 Å². The topological polar surface area (TPSA) is 116 Å². The van der Waals surface area contributed by atoms with E-state index in [2.05, 4.69) is 0 Å². The summed E-state index contributed by atoms with van der Waals surface area (Å²) in [5.74, 6) is -1.85. The average molecular weight is 298 g/mol. The Morgan fingerprint density at radius 1 is 1.24 bits per heavy atom. The molecule has 0 radical (unpaired) electrons. The summed E-state index contributed by atoms with van der Waals surface area (Å²) in [6.45, 7) is 0. The first-order valence-corrected chi connectivity index (χ1v) is 6.67. The molecule has 3 rings (SSSR count). The van der Waals surface area contributed by atoms with Crippen molar-refractivity contribution in [2.75, 3.05) is 0 Å². The Hall–Kier alpha value is -1.77. The van der Waals surface area contributed by atoms with Gasteiger partial charge < -0.3 is 15.3 Å². The highest BCUT2D eigenvalue weighted by atomic mass is 19.1. The van der Waals surface area contributed by atoms with Gasteiger partial charge in [-0.15, -0.1) is 0 Å². The Kier molecular flexibility index (Phi) is 3.31. The third kappa shape index (κ3) is 2.06. The molecule has 1 saturated carbocycles. The fraction of sp³-hybridized carbons (Fsp3) is 0.538. The van der Waals surface area contributed by atoms with E-state index in [0.717, 1.165) is 4.57 Å². The van der Waals surface area contributed by atoms with E-state index >= 15 is 0 Å². The lowest BCUT2D eigenvalue weighted by Crippen LogP contribution is -2.38. The first-order valence-electron chi connectivity index (χ1n) is 6.67. The summed E-state index contributed by atoms with van der Waals surface area (Å²) in [6, 6.07) is -1.00. The lowest BCUT2D eigenvalue weighted by atomic mass is 9.85. The molecule has 0 spiro atoms. The third-order valence-corrected chi connectivity index (χ3v) is 4.25. The number of hydrogen-bond donors (Lipinski definition) is 4. The van der Waals surface area contributed by atoms with Crippen LogP contribution in [0.1, 0.15) is 18.9 Å². The predicted molar refractivity (Wildman–Crippen MR) is 69.1 cm³/mol. The number of rotatable bonds is 1. The quantitative estimate of drug-likeness (QED) is 0.478. The first kappa shape index (κ1) is 14.2. The number of nitrogens with zero attached hydrogens (tertiary/aromatic N) is 1. The molecule has 5 atom stereocenters. The van der Waals surface area contributed by atoms with Crippen molar-refractivity contribution in [1.82, 2.24) is 9.55 Å². The normalized spacial score (nSPS) is 35.4. The van der Waals surface area contributed by atoms with Gasteiger partial charge in [-0.1, -0.05) is 6.08 Å². The molecule has 2 aliphatic rings. The van der Waals surface area contributed by atoms with E-state index in [9.17, 15) is 29.3 Å². The molecule has 4 N–H and O–H groups in total. The van der Waals surface area contributed by atoms with Crippen molar-refractivity contribution in [3.8, 4) is 0 Å². The third-order valence-electron chi connectivity index (χ3n) is 4.25. The van der Waals surface area contributed by atoms with Crippen molar-refractivity contribution >= 4 is 0 Å². The van der Waals surface area contributed by atoms with Crippen LogP contribution in [-0.2, 0) is 0 Å². The highest BCUT2D eigenvalue weighted by molar-refractivity contribution is 5.28. The number of aliphatic hydroxyl groups excluding tert-OH is 3. The second-order valence-electron chi connectivity index (χ2n) is 5.44. The smallest absolute Gasteiger partial charge is 0.329 e. The summed E-state index contributed by atoms with van der Waals surface area (Å²) in [6.07, 6.45) is -0.0233. The van der Waals surface area contributed by atoms with Gasteiger partial charge in [-0.25, -0.2) is 4.79 Å². The van der Waals surface area contributed by atoms with Crippen LogP contribution in [0.3, 0.4) is 0 Å². The maximum absolute atomic E-state index is 13.4. The number of allylic oxidation sites excluding steroid dienone is 1. The summed E-state index contributed by atoms with van der Waals surface area (Å²) in [7, 11) is 0. The molecule has 0 aliphatic heterocycles. The zero-order valence-electron chi connectivity index (χ0n) is 10.9. The molecule has 21 heavy (non-hydrogen) atoms. The number of aliphatic hydroxyl groups is 3. The van der Waals surface area contributed by atoms with E-state index in [0.29, 0.717) is 24.6 Å². The molecule has 0 unspecified atom stereocenters. The van der Waals surface area contributed by atoms with Gasteiger partial charge in [0.05, 0.1) is 24.4 Å². The van der Waals surface area contributed by atoms with E-state index < -0.39 is 47.3 Å². The zero-order valence-corrected chi connectivity index (χ0v) is 10.9. The molecule has 1 aromatic heterocycles. The molecule has 0 bridgehead atoms. The standard InChI is InChI=1S/C13H15FN2O5/c14-6-4-16(13(21)15-12(6)20)9-5-2-1-3-7(17)8(5)10(18)11(9)19/h2,4,7-11,17-19H,1,3H2,(H,15,20,21)/t7-,8-,9-,10-,11+/m1/s1. The van der Waals surface area contributed by atoms with E-state index in [4.69, 9.17) is 0 Å². The van der Waals surface area contributed by atoms with Crippen molar-refractivity contribution in [3.63, 3.8) is 0 Å². The number of H-pyrrole nitrogens is 1. The first-order chi connectivity index (χ1) is 9.91. The SMILES string of the molecule is O=c1[nH]c(=O)n([C@@H]2C3=CCC[C@@H](O)[C@@H]3[C@@H](O)[C@H]2O)cc1F. The van der Waals surface area contributed by atoms with Crippen molar-refractivity contribution in [2.24, 2.45) is 5.92 Å². The minimum Gasteiger partial charge on any atom is -0.392 e. The van der Waals surface area contributed by atoms with Crippen molar-refractivity contribution in [3.05, 3.63) is 44.5 Å². The van der Waals surface area contributed by atoms with Gasteiger partial charge >= 0.3 is 5.69 Å². The van der Waals surface area contributed by atoms with Crippen LogP contribution in [0.5, 0.6) is 0 Å². The molecule has 0 amide bonds. The fourth-order valence-corrected chi connectivity index (χ4v) is 3.29. The number of aromatic nitrogens is 2. The van der Waals surface area contributed by atoms with Gasteiger partial charge in [0.25, 0.3) is 5.56 Å². The monoisotopic (exact) mass is 298 g/mol. The molecule has 0 saturated heterocycles. The van der Waals surface area contributed by atoms with Crippen molar-refractivity contribution in [2.45, 2.75) is 37.2 Å². The van der Waals surface area contributed by atoms with Gasteiger partial charge in [-0.05, 0) is 18.4 Å². The van der Waals surface area contributed by atoms with E-state index in [1.54, 1.807) is 6.08 Å². The molecular weight excluding hydrogens is 283 g/mol. The maximum Gasteiger partial charge on any atom is 0.329 e. The Balaban J connectivity index is 2.14. The van der Waals surface area contributed by atoms with Crippen LogP contribution in [-0.4, -0.2) is 43.2 Å². The Morgan fingerprint density at radius 3 is 2.67 bits per heavy atom. The van der Waals surface area contributed by atoms with Gasteiger partial charge in [0.15, 0.2) is 0 Å². The highest BCUT2D eigenvalue weighted by Gasteiger charge is 2.50.